The van der Waals surface area contributed by atoms with Gasteiger partial charge in [-0.25, -0.2) is 21.9 Å². The lowest BCUT2D eigenvalue weighted by Gasteiger charge is -2.13. The highest BCUT2D eigenvalue weighted by molar-refractivity contribution is 7.89. The Morgan fingerprint density at radius 3 is 2.50 bits per heavy atom. The van der Waals surface area contributed by atoms with E-state index in [1.807, 2.05) is 0 Å². The second-order valence-electron chi connectivity index (χ2n) is 5.46. The van der Waals surface area contributed by atoms with Crippen LogP contribution >= 0.6 is 11.6 Å². The minimum absolute atomic E-state index is 0.212. The van der Waals surface area contributed by atoms with Crippen LogP contribution in [0.15, 0.2) is 41.3 Å². The zero-order chi connectivity index (χ0) is 19.5. The fourth-order valence-electron chi connectivity index (χ4n) is 2.11. The SMILES string of the molecule is COc1ccc(Cl)cc1COC(=O)c1cc(S(=O)(=O)N(C)C)ccc1F. The van der Waals surface area contributed by atoms with Crippen molar-refractivity contribution in [3.05, 3.63) is 58.4 Å². The Hall–Kier alpha value is -2.16. The predicted molar refractivity (Wildman–Crippen MR) is 94.4 cm³/mol. The Morgan fingerprint density at radius 1 is 1.19 bits per heavy atom. The number of halogens is 2. The van der Waals surface area contributed by atoms with Crippen LogP contribution in [0.2, 0.25) is 5.02 Å². The molecule has 2 rings (SSSR count). The molecule has 0 bridgehead atoms. The Labute approximate surface area is 156 Å². The highest BCUT2D eigenvalue weighted by Crippen LogP contribution is 2.24. The topological polar surface area (TPSA) is 72.9 Å². The first-order valence-electron chi connectivity index (χ1n) is 7.38. The lowest BCUT2D eigenvalue weighted by Crippen LogP contribution is -2.22. The first-order chi connectivity index (χ1) is 12.2. The van der Waals surface area contributed by atoms with Crippen LogP contribution in [0.5, 0.6) is 5.75 Å². The molecule has 0 saturated carbocycles. The van der Waals surface area contributed by atoms with Crippen molar-refractivity contribution < 1.29 is 27.1 Å². The molecule has 0 unspecified atom stereocenters. The van der Waals surface area contributed by atoms with E-state index in [1.165, 1.54) is 21.2 Å². The summed E-state index contributed by atoms with van der Waals surface area (Å²) in [6, 6.07) is 7.71. The third kappa shape index (κ3) is 4.32. The van der Waals surface area contributed by atoms with Crippen LogP contribution in [0.25, 0.3) is 0 Å². The van der Waals surface area contributed by atoms with Crippen LogP contribution in [0, 0.1) is 5.82 Å². The van der Waals surface area contributed by atoms with E-state index in [4.69, 9.17) is 21.1 Å². The van der Waals surface area contributed by atoms with Crippen molar-refractivity contribution in [1.82, 2.24) is 4.31 Å². The molecule has 0 aliphatic rings. The highest BCUT2D eigenvalue weighted by atomic mass is 35.5. The molecule has 0 atom stereocenters. The van der Waals surface area contributed by atoms with Crippen molar-refractivity contribution in [2.24, 2.45) is 0 Å². The van der Waals surface area contributed by atoms with Gasteiger partial charge in [0.1, 0.15) is 18.2 Å². The maximum Gasteiger partial charge on any atom is 0.341 e. The average molecular weight is 402 g/mol. The molecule has 0 aromatic heterocycles. The van der Waals surface area contributed by atoms with Crippen molar-refractivity contribution in [2.45, 2.75) is 11.5 Å². The van der Waals surface area contributed by atoms with Crippen molar-refractivity contribution in [1.29, 1.82) is 0 Å². The van der Waals surface area contributed by atoms with E-state index in [0.29, 0.717) is 16.3 Å². The average Bonchev–Trinajstić information content (AvgIpc) is 2.59. The third-order valence-corrected chi connectivity index (χ3v) is 5.58. The van der Waals surface area contributed by atoms with Crippen molar-refractivity contribution in [3.8, 4) is 5.75 Å². The van der Waals surface area contributed by atoms with Gasteiger partial charge in [0, 0.05) is 24.7 Å². The number of hydrogen-bond donors (Lipinski definition) is 0. The van der Waals surface area contributed by atoms with Crippen molar-refractivity contribution >= 4 is 27.6 Å². The van der Waals surface area contributed by atoms with Gasteiger partial charge in [0.2, 0.25) is 10.0 Å². The Kier molecular flexibility index (Phi) is 6.22. The fourth-order valence-corrected chi connectivity index (χ4v) is 3.24. The summed E-state index contributed by atoms with van der Waals surface area (Å²) in [6.45, 7) is -0.216. The summed E-state index contributed by atoms with van der Waals surface area (Å²) in [5, 5.41) is 0.419. The Morgan fingerprint density at radius 2 is 1.88 bits per heavy atom. The number of carbonyl (C=O) groups is 1. The number of sulfonamides is 1. The fraction of sp³-hybridized carbons (Fsp3) is 0.235. The lowest BCUT2D eigenvalue weighted by molar-refractivity contribution is 0.0464. The lowest BCUT2D eigenvalue weighted by atomic mass is 10.2. The number of nitrogens with zero attached hydrogens (tertiary/aromatic N) is 1. The number of rotatable bonds is 6. The molecular weight excluding hydrogens is 385 g/mol. The van der Waals surface area contributed by atoms with E-state index in [0.717, 1.165) is 22.5 Å². The van der Waals surface area contributed by atoms with Gasteiger partial charge in [-0.05, 0) is 36.4 Å². The molecular formula is C17H17ClFNO5S. The summed E-state index contributed by atoms with van der Waals surface area (Å²) in [7, 11) is 0.307. The molecule has 0 aliphatic carbocycles. The Balaban J connectivity index is 2.27. The molecule has 0 heterocycles. The first kappa shape index (κ1) is 20.2. The molecule has 140 valence electrons. The predicted octanol–water partition coefficient (Wildman–Crippen LogP) is 3.10. The largest absolute Gasteiger partial charge is 0.496 e. The van der Waals surface area contributed by atoms with Gasteiger partial charge in [-0.3, -0.25) is 0 Å². The third-order valence-electron chi connectivity index (χ3n) is 3.54. The van der Waals surface area contributed by atoms with Gasteiger partial charge in [0.25, 0.3) is 0 Å². The molecule has 9 heteroatoms. The van der Waals surface area contributed by atoms with Gasteiger partial charge in [-0.1, -0.05) is 11.6 Å². The maximum atomic E-state index is 14.0. The number of carbonyl (C=O) groups excluding carboxylic acids is 1. The minimum Gasteiger partial charge on any atom is -0.496 e. The molecule has 0 spiro atoms. The van der Waals surface area contributed by atoms with E-state index >= 15 is 0 Å². The highest BCUT2D eigenvalue weighted by Gasteiger charge is 2.22. The summed E-state index contributed by atoms with van der Waals surface area (Å²) in [5.74, 6) is -1.43. The minimum atomic E-state index is -3.81. The van der Waals surface area contributed by atoms with Gasteiger partial charge in [-0.15, -0.1) is 0 Å². The summed E-state index contributed by atoms with van der Waals surface area (Å²) in [6.07, 6.45) is 0. The van der Waals surface area contributed by atoms with Gasteiger partial charge in [-0.2, -0.15) is 0 Å². The van der Waals surface area contributed by atoms with Gasteiger partial charge in [0.05, 0.1) is 17.6 Å². The Bertz CT molecular complexity index is 931. The maximum absolute atomic E-state index is 14.0. The normalized spacial score (nSPS) is 11.5. The molecule has 0 aliphatic heterocycles. The van der Waals surface area contributed by atoms with Crippen LogP contribution in [0.4, 0.5) is 4.39 Å². The van der Waals surface area contributed by atoms with Crippen LogP contribution in [-0.4, -0.2) is 39.9 Å². The molecule has 2 aromatic carbocycles. The summed E-state index contributed by atoms with van der Waals surface area (Å²) in [5.41, 5.74) is 0.0137. The zero-order valence-corrected chi connectivity index (χ0v) is 15.9. The van der Waals surface area contributed by atoms with Crippen molar-refractivity contribution in [2.75, 3.05) is 21.2 Å². The summed E-state index contributed by atoms with van der Waals surface area (Å²) < 4.78 is 49.5. The number of hydrogen-bond acceptors (Lipinski definition) is 5. The molecule has 2 aromatic rings. The molecule has 26 heavy (non-hydrogen) atoms. The van der Waals surface area contributed by atoms with Crippen LogP contribution in [-0.2, 0) is 21.4 Å². The van der Waals surface area contributed by atoms with Gasteiger partial charge >= 0.3 is 5.97 Å². The quantitative estimate of drug-likeness (QED) is 0.695. The monoisotopic (exact) mass is 401 g/mol. The number of ether oxygens (including phenoxy) is 2. The molecule has 0 amide bonds. The first-order valence-corrected chi connectivity index (χ1v) is 9.20. The second kappa shape index (κ2) is 8.03. The standard InChI is InChI=1S/C17H17ClFNO5S/c1-20(2)26(22,23)13-5-6-15(19)14(9-13)17(21)25-10-11-8-12(18)4-7-16(11)24-3/h4-9H,10H2,1-3H3. The molecule has 0 saturated heterocycles. The van der Waals surface area contributed by atoms with Crippen LogP contribution in [0.3, 0.4) is 0 Å². The second-order valence-corrected chi connectivity index (χ2v) is 8.05. The zero-order valence-electron chi connectivity index (χ0n) is 14.3. The van der Waals surface area contributed by atoms with E-state index < -0.39 is 27.4 Å². The molecule has 6 nitrogen and oxygen atoms in total. The van der Waals surface area contributed by atoms with Gasteiger partial charge < -0.3 is 9.47 Å². The van der Waals surface area contributed by atoms with Crippen LogP contribution < -0.4 is 4.74 Å². The van der Waals surface area contributed by atoms with E-state index in [2.05, 4.69) is 0 Å². The number of methoxy groups -OCH3 is 1. The van der Waals surface area contributed by atoms with E-state index in [-0.39, 0.29) is 11.5 Å². The molecule has 0 fully saturated rings. The van der Waals surface area contributed by atoms with Crippen molar-refractivity contribution in [3.63, 3.8) is 0 Å². The van der Waals surface area contributed by atoms with E-state index in [1.54, 1.807) is 18.2 Å². The molecule has 0 radical (unpaired) electrons. The van der Waals surface area contributed by atoms with Crippen LogP contribution in [0.1, 0.15) is 15.9 Å². The van der Waals surface area contributed by atoms with E-state index in [9.17, 15) is 17.6 Å². The van der Waals surface area contributed by atoms with Gasteiger partial charge in [0.15, 0.2) is 0 Å². The number of esters is 1. The molecule has 0 N–H and O–H groups in total. The number of benzene rings is 2. The summed E-state index contributed by atoms with van der Waals surface area (Å²) in [4.78, 5) is 12.0. The smallest absolute Gasteiger partial charge is 0.341 e. The summed E-state index contributed by atoms with van der Waals surface area (Å²) >= 11 is 5.90.